The zero-order valence-electron chi connectivity index (χ0n) is 10.8. The number of aromatic nitrogens is 2. The van der Waals surface area contributed by atoms with Crippen molar-refractivity contribution in [3.8, 4) is 0 Å². The van der Waals surface area contributed by atoms with Gasteiger partial charge in [-0.1, -0.05) is 0 Å². The summed E-state index contributed by atoms with van der Waals surface area (Å²) in [5.41, 5.74) is 5.40. The molecule has 1 aromatic heterocycles. The summed E-state index contributed by atoms with van der Waals surface area (Å²) in [5.74, 6) is -1.37. The Labute approximate surface area is 109 Å². The molecule has 1 heterocycles. The molecule has 8 heteroatoms. The highest BCUT2D eigenvalue weighted by Gasteiger charge is 2.35. The summed E-state index contributed by atoms with van der Waals surface area (Å²) in [6.07, 6.45) is -4.20. The quantitative estimate of drug-likeness (QED) is 0.857. The molecule has 5 nitrogen and oxygen atoms in total. The van der Waals surface area contributed by atoms with Gasteiger partial charge in [-0.2, -0.15) is 13.2 Å². The number of aliphatic hydroxyl groups is 1. The monoisotopic (exact) mass is 278 g/mol. The topological polar surface area (TPSA) is 75.3 Å². The first-order valence-electron chi connectivity index (χ1n) is 5.85. The van der Waals surface area contributed by atoms with Gasteiger partial charge in [0.25, 0.3) is 0 Å². The van der Waals surface area contributed by atoms with Gasteiger partial charge < -0.3 is 15.7 Å². The van der Waals surface area contributed by atoms with Crippen LogP contribution in [0.1, 0.15) is 26.1 Å². The molecule has 1 rings (SSSR count). The van der Waals surface area contributed by atoms with Gasteiger partial charge in [0, 0.05) is 25.3 Å². The molecule has 0 saturated heterocycles. The lowest BCUT2D eigenvalue weighted by atomic mass is 10.2. The largest absolute Gasteiger partial charge is 0.451 e. The Bertz CT molecular complexity index is 423. The zero-order chi connectivity index (χ0) is 14.6. The number of rotatable bonds is 5. The van der Waals surface area contributed by atoms with Crippen LogP contribution in [0.25, 0.3) is 0 Å². The minimum absolute atomic E-state index is 0.0457. The van der Waals surface area contributed by atoms with E-state index in [2.05, 4.69) is 9.97 Å². The average Bonchev–Trinajstić information content (AvgIpc) is 2.27. The van der Waals surface area contributed by atoms with Crippen LogP contribution < -0.4 is 10.6 Å². The molecule has 0 aliphatic carbocycles. The van der Waals surface area contributed by atoms with Crippen LogP contribution >= 0.6 is 0 Å². The number of halogens is 3. The summed E-state index contributed by atoms with van der Waals surface area (Å²) in [4.78, 5) is 8.34. The van der Waals surface area contributed by atoms with Gasteiger partial charge in [0.2, 0.25) is 5.82 Å². The molecule has 0 radical (unpaired) electrons. The van der Waals surface area contributed by atoms with Crippen molar-refractivity contribution in [1.82, 2.24) is 9.97 Å². The van der Waals surface area contributed by atoms with Crippen LogP contribution in [0.5, 0.6) is 0 Å². The normalized spacial score (nSPS) is 11.9. The Morgan fingerprint density at radius 1 is 1.37 bits per heavy atom. The number of hydrogen-bond donors (Lipinski definition) is 2. The Hall–Kier alpha value is -1.57. The molecule has 1 aromatic rings. The van der Waals surface area contributed by atoms with Crippen LogP contribution in [0.3, 0.4) is 0 Å². The first-order chi connectivity index (χ1) is 8.75. The van der Waals surface area contributed by atoms with Crippen molar-refractivity contribution in [3.05, 3.63) is 11.9 Å². The molecule has 0 aliphatic rings. The van der Waals surface area contributed by atoms with Gasteiger partial charge in [0.15, 0.2) is 0 Å². The molecule has 0 bridgehead atoms. The number of nitrogens with zero attached hydrogens (tertiary/aromatic N) is 3. The second-order valence-corrected chi connectivity index (χ2v) is 4.34. The van der Waals surface area contributed by atoms with Crippen molar-refractivity contribution in [2.24, 2.45) is 0 Å². The van der Waals surface area contributed by atoms with Gasteiger partial charge in [-0.05, 0) is 20.3 Å². The Morgan fingerprint density at radius 3 is 2.47 bits per heavy atom. The van der Waals surface area contributed by atoms with Crippen molar-refractivity contribution < 1.29 is 18.3 Å². The first-order valence-corrected chi connectivity index (χ1v) is 5.85. The summed E-state index contributed by atoms with van der Waals surface area (Å²) < 4.78 is 37.9. The second-order valence-electron chi connectivity index (χ2n) is 4.34. The van der Waals surface area contributed by atoms with Gasteiger partial charge in [-0.25, -0.2) is 9.97 Å². The molecular weight excluding hydrogens is 261 g/mol. The van der Waals surface area contributed by atoms with E-state index in [1.165, 1.54) is 6.07 Å². The van der Waals surface area contributed by atoms with Crippen molar-refractivity contribution >= 4 is 11.6 Å². The molecule has 0 fully saturated rings. The number of anilines is 2. The third kappa shape index (κ3) is 4.23. The number of alkyl halides is 3. The van der Waals surface area contributed by atoms with Crippen LogP contribution in [0, 0.1) is 0 Å². The summed E-state index contributed by atoms with van der Waals surface area (Å²) in [6, 6.07) is 1.23. The maximum Gasteiger partial charge on any atom is 0.451 e. The predicted molar refractivity (Wildman–Crippen MR) is 65.6 cm³/mol. The van der Waals surface area contributed by atoms with E-state index in [0.717, 1.165) is 0 Å². The van der Waals surface area contributed by atoms with Gasteiger partial charge in [0.05, 0.1) is 0 Å². The minimum atomic E-state index is -4.64. The average molecular weight is 278 g/mol. The van der Waals surface area contributed by atoms with Gasteiger partial charge in [0.1, 0.15) is 11.6 Å². The molecule has 19 heavy (non-hydrogen) atoms. The summed E-state index contributed by atoms with van der Waals surface area (Å²) in [6.45, 7) is 3.99. The summed E-state index contributed by atoms with van der Waals surface area (Å²) >= 11 is 0. The highest BCUT2D eigenvalue weighted by Crippen LogP contribution is 2.29. The van der Waals surface area contributed by atoms with Gasteiger partial charge in [-0.15, -0.1) is 0 Å². The molecular formula is C11H17F3N4O. The number of hydrogen-bond acceptors (Lipinski definition) is 5. The summed E-state index contributed by atoms with van der Waals surface area (Å²) in [5, 5.41) is 8.82. The van der Waals surface area contributed by atoms with Gasteiger partial charge >= 0.3 is 6.18 Å². The van der Waals surface area contributed by atoms with Crippen LogP contribution in [-0.2, 0) is 6.18 Å². The molecule has 3 N–H and O–H groups in total. The second kappa shape index (κ2) is 6.05. The maximum absolute atomic E-state index is 12.6. The molecule has 0 saturated carbocycles. The van der Waals surface area contributed by atoms with E-state index < -0.39 is 12.0 Å². The van der Waals surface area contributed by atoms with Crippen LogP contribution in [0.2, 0.25) is 0 Å². The van der Waals surface area contributed by atoms with Crippen molar-refractivity contribution in [3.63, 3.8) is 0 Å². The van der Waals surface area contributed by atoms with Crippen molar-refractivity contribution in [1.29, 1.82) is 0 Å². The number of nitrogens with two attached hydrogens (primary N) is 1. The van der Waals surface area contributed by atoms with E-state index in [9.17, 15) is 13.2 Å². The molecule has 0 aromatic carbocycles. The van der Waals surface area contributed by atoms with Crippen LogP contribution in [0.4, 0.5) is 24.8 Å². The SMILES string of the molecule is CC(C)N(CCCO)c1cc(N)nc(C(F)(F)F)n1. The third-order valence-corrected chi connectivity index (χ3v) is 2.46. The molecule has 108 valence electrons. The van der Waals surface area contributed by atoms with E-state index in [1.54, 1.807) is 4.90 Å². The van der Waals surface area contributed by atoms with Crippen LogP contribution in [-0.4, -0.2) is 34.3 Å². The molecule has 0 unspecified atom stereocenters. The van der Waals surface area contributed by atoms with E-state index >= 15 is 0 Å². The van der Waals surface area contributed by atoms with E-state index in [0.29, 0.717) is 13.0 Å². The lowest BCUT2D eigenvalue weighted by molar-refractivity contribution is -0.144. The standard InChI is InChI=1S/C11H17F3N4O/c1-7(2)18(4-3-5-19)9-6-8(15)16-10(17-9)11(12,13)14/h6-7,19H,3-5H2,1-2H3,(H2,15,16,17). The highest BCUT2D eigenvalue weighted by molar-refractivity contribution is 5.47. The smallest absolute Gasteiger partial charge is 0.396 e. The predicted octanol–water partition coefficient (Wildman–Crippen LogP) is 1.67. The minimum Gasteiger partial charge on any atom is -0.396 e. The lowest BCUT2D eigenvalue weighted by Crippen LogP contribution is -2.33. The fourth-order valence-electron chi connectivity index (χ4n) is 1.60. The van der Waals surface area contributed by atoms with Crippen LogP contribution in [0.15, 0.2) is 6.07 Å². The zero-order valence-corrected chi connectivity index (χ0v) is 10.8. The Morgan fingerprint density at radius 2 is 2.00 bits per heavy atom. The highest BCUT2D eigenvalue weighted by atomic mass is 19.4. The van der Waals surface area contributed by atoms with Crippen molar-refractivity contribution in [2.75, 3.05) is 23.8 Å². The van der Waals surface area contributed by atoms with E-state index in [1.807, 2.05) is 13.8 Å². The van der Waals surface area contributed by atoms with E-state index in [4.69, 9.17) is 10.8 Å². The molecule has 0 spiro atoms. The Kier molecular flexibility index (Phi) is 4.93. The third-order valence-electron chi connectivity index (χ3n) is 2.46. The first kappa shape index (κ1) is 15.5. The van der Waals surface area contributed by atoms with Gasteiger partial charge in [-0.3, -0.25) is 0 Å². The van der Waals surface area contributed by atoms with E-state index in [-0.39, 0.29) is 24.3 Å². The number of aliphatic hydroxyl groups excluding tert-OH is 1. The summed E-state index contributed by atoms with van der Waals surface area (Å²) in [7, 11) is 0. The maximum atomic E-state index is 12.6. The Balaban J connectivity index is 3.12. The number of nitrogen functional groups attached to an aromatic ring is 1. The fraction of sp³-hybridized carbons (Fsp3) is 0.636. The molecule has 0 atom stereocenters. The molecule has 0 amide bonds. The van der Waals surface area contributed by atoms with Crippen molar-refractivity contribution in [2.45, 2.75) is 32.5 Å². The molecule has 0 aliphatic heterocycles. The fourth-order valence-corrected chi connectivity index (χ4v) is 1.60. The lowest BCUT2D eigenvalue weighted by Gasteiger charge is -2.28.